The third kappa shape index (κ3) is 4.09. The molecule has 0 amide bonds. The Bertz CT molecular complexity index is 536. The van der Waals surface area contributed by atoms with E-state index in [1.807, 2.05) is 29.1 Å². The van der Waals surface area contributed by atoms with Crippen molar-refractivity contribution < 1.29 is 0 Å². The van der Waals surface area contributed by atoms with E-state index in [0.717, 1.165) is 31.0 Å². The van der Waals surface area contributed by atoms with Gasteiger partial charge < -0.3 is 5.32 Å². The molecule has 0 aliphatic heterocycles. The van der Waals surface area contributed by atoms with Gasteiger partial charge in [-0.05, 0) is 43.5 Å². The van der Waals surface area contributed by atoms with E-state index >= 15 is 0 Å². The van der Waals surface area contributed by atoms with Gasteiger partial charge in [-0.1, -0.05) is 36.7 Å². The molecule has 1 N–H and O–H groups in total. The molecule has 0 radical (unpaired) electrons. The van der Waals surface area contributed by atoms with Gasteiger partial charge in [0.15, 0.2) is 0 Å². The monoisotopic (exact) mass is 291 g/mol. The van der Waals surface area contributed by atoms with Gasteiger partial charge in [-0.2, -0.15) is 5.10 Å². The van der Waals surface area contributed by atoms with Crippen molar-refractivity contribution in [2.24, 2.45) is 0 Å². The van der Waals surface area contributed by atoms with E-state index in [-0.39, 0.29) is 0 Å². The van der Waals surface area contributed by atoms with Crippen molar-refractivity contribution in [3.8, 4) is 0 Å². The molecular weight excluding hydrogens is 270 g/mol. The summed E-state index contributed by atoms with van der Waals surface area (Å²) in [6, 6.07) is 8.45. The Morgan fingerprint density at radius 1 is 1.25 bits per heavy atom. The number of likely N-dealkylation sites (N-methyl/N-ethyl adjacent to an activating group) is 1. The van der Waals surface area contributed by atoms with Crippen molar-refractivity contribution in [2.75, 3.05) is 6.54 Å². The van der Waals surface area contributed by atoms with Gasteiger partial charge in [-0.25, -0.2) is 0 Å². The lowest BCUT2D eigenvalue weighted by Gasteiger charge is -2.18. The van der Waals surface area contributed by atoms with Crippen LogP contribution in [0, 0.1) is 0 Å². The number of aromatic nitrogens is 2. The summed E-state index contributed by atoms with van der Waals surface area (Å²) >= 11 is 6.25. The molecule has 2 rings (SSSR count). The normalized spacial score (nSPS) is 12.6. The van der Waals surface area contributed by atoms with Crippen LogP contribution in [-0.2, 0) is 19.4 Å². The molecule has 1 atom stereocenters. The molecule has 0 aliphatic carbocycles. The van der Waals surface area contributed by atoms with E-state index < -0.39 is 0 Å². The van der Waals surface area contributed by atoms with Crippen molar-refractivity contribution >= 4 is 11.6 Å². The summed E-state index contributed by atoms with van der Waals surface area (Å²) in [5.41, 5.74) is 2.47. The second kappa shape index (κ2) is 7.46. The quantitative estimate of drug-likeness (QED) is 0.848. The number of aryl methyl sites for hydroxylation is 1. The number of benzene rings is 1. The van der Waals surface area contributed by atoms with Crippen LogP contribution in [0.3, 0.4) is 0 Å². The molecule has 2 aromatic rings. The van der Waals surface area contributed by atoms with Crippen molar-refractivity contribution in [1.82, 2.24) is 15.1 Å². The molecule has 4 heteroatoms. The SMILES string of the molecule is CCNC(Cc1cnn(CC)c1)Cc1ccccc1Cl. The van der Waals surface area contributed by atoms with Gasteiger partial charge in [0.1, 0.15) is 0 Å². The summed E-state index contributed by atoms with van der Waals surface area (Å²) in [6.45, 7) is 6.10. The molecule has 0 bridgehead atoms. The van der Waals surface area contributed by atoms with Gasteiger partial charge in [0, 0.05) is 23.8 Å². The fraction of sp³-hybridized carbons (Fsp3) is 0.438. The molecule has 0 saturated carbocycles. The molecule has 0 fully saturated rings. The maximum Gasteiger partial charge on any atom is 0.0522 e. The van der Waals surface area contributed by atoms with Crippen LogP contribution in [-0.4, -0.2) is 22.4 Å². The lowest BCUT2D eigenvalue weighted by molar-refractivity contribution is 0.521. The highest BCUT2D eigenvalue weighted by molar-refractivity contribution is 6.31. The molecule has 0 spiro atoms. The van der Waals surface area contributed by atoms with E-state index in [1.165, 1.54) is 11.1 Å². The average Bonchev–Trinajstić information content (AvgIpc) is 2.89. The van der Waals surface area contributed by atoms with Crippen LogP contribution < -0.4 is 5.32 Å². The maximum atomic E-state index is 6.25. The van der Waals surface area contributed by atoms with E-state index in [4.69, 9.17) is 11.6 Å². The first kappa shape index (κ1) is 15.1. The first-order valence-corrected chi connectivity index (χ1v) is 7.58. The van der Waals surface area contributed by atoms with Crippen LogP contribution in [0.1, 0.15) is 25.0 Å². The van der Waals surface area contributed by atoms with Gasteiger partial charge in [0.25, 0.3) is 0 Å². The first-order chi connectivity index (χ1) is 9.72. The number of halogens is 1. The van der Waals surface area contributed by atoms with Gasteiger partial charge in [0.05, 0.1) is 6.20 Å². The minimum Gasteiger partial charge on any atom is -0.314 e. The molecule has 3 nitrogen and oxygen atoms in total. The van der Waals surface area contributed by atoms with E-state index in [2.05, 4.69) is 36.5 Å². The molecule has 20 heavy (non-hydrogen) atoms. The average molecular weight is 292 g/mol. The van der Waals surface area contributed by atoms with Crippen LogP contribution in [0.5, 0.6) is 0 Å². The third-order valence-corrected chi connectivity index (χ3v) is 3.78. The van der Waals surface area contributed by atoms with Crippen molar-refractivity contribution in [3.63, 3.8) is 0 Å². The van der Waals surface area contributed by atoms with Crippen molar-refractivity contribution in [2.45, 2.75) is 39.3 Å². The minimum absolute atomic E-state index is 0.384. The van der Waals surface area contributed by atoms with Crippen LogP contribution in [0.15, 0.2) is 36.7 Å². The first-order valence-electron chi connectivity index (χ1n) is 7.21. The zero-order chi connectivity index (χ0) is 14.4. The van der Waals surface area contributed by atoms with Crippen LogP contribution in [0.25, 0.3) is 0 Å². The zero-order valence-corrected chi connectivity index (χ0v) is 12.9. The predicted molar refractivity (Wildman–Crippen MR) is 84.2 cm³/mol. The minimum atomic E-state index is 0.384. The Morgan fingerprint density at radius 3 is 2.70 bits per heavy atom. The predicted octanol–water partition coefficient (Wildman–Crippen LogP) is 3.32. The zero-order valence-electron chi connectivity index (χ0n) is 12.1. The molecule has 1 aromatic carbocycles. The number of hydrogen-bond acceptors (Lipinski definition) is 2. The fourth-order valence-corrected chi connectivity index (χ4v) is 2.62. The second-order valence-corrected chi connectivity index (χ2v) is 5.37. The highest BCUT2D eigenvalue weighted by Crippen LogP contribution is 2.18. The summed E-state index contributed by atoms with van der Waals surface area (Å²) in [5.74, 6) is 0. The Labute approximate surface area is 126 Å². The van der Waals surface area contributed by atoms with E-state index in [0.29, 0.717) is 6.04 Å². The largest absolute Gasteiger partial charge is 0.314 e. The summed E-state index contributed by atoms with van der Waals surface area (Å²) in [4.78, 5) is 0. The fourth-order valence-electron chi connectivity index (χ4n) is 2.40. The smallest absolute Gasteiger partial charge is 0.0522 e. The van der Waals surface area contributed by atoms with Gasteiger partial charge in [-0.15, -0.1) is 0 Å². The lowest BCUT2D eigenvalue weighted by atomic mass is 10.0. The van der Waals surface area contributed by atoms with Crippen LogP contribution >= 0.6 is 11.6 Å². The molecular formula is C16H22ClN3. The molecule has 108 valence electrons. The van der Waals surface area contributed by atoms with Crippen LogP contribution in [0.2, 0.25) is 5.02 Å². The van der Waals surface area contributed by atoms with Crippen molar-refractivity contribution in [1.29, 1.82) is 0 Å². The molecule has 1 heterocycles. The molecule has 0 aliphatic rings. The Kier molecular flexibility index (Phi) is 5.62. The number of nitrogens with one attached hydrogen (secondary N) is 1. The van der Waals surface area contributed by atoms with Gasteiger partial charge >= 0.3 is 0 Å². The summed E-state index contributed by atoms with van der Waals surface area (Å²) in [7, 11) is 0. The van der Waals surface area contributed by atoms with Crippen LogP contribution in [0.4, 0.5) is 0 Å². The Hall–Kier alpha value is -1.32. The summed E-state index contributed by atoms with van der Waals surface area (Å²) < 4.78 is 1.97. The second-order valence-electron chi connectivity index (χ2n) is 4.96. The Morgan fingerprint density at radius 2 is 2.05 bits per heavy atom. The van der Waals surface area contributed by atoms with E-state index in [1.54, 1.807) is 0 Å². The summed E-state index contributed by atoms with van der Waals surface area (Å²) in [5, 5.41) is 8.72. The number of nitrogens with zero attached hydrogens (tertiary/aromatic N) is 2. The number of rotatable bonds is 7. The van der Waals surface area contributed by atoms with Crippen molar-refractivity contribution in [3.05, 3.63) is 52.8 Å². The standard InChI is InChI=1S/C16H22ClN3/c1-3-18-15(9-13-11-19-20(4-2)12-13)10-14-7-5-6-8-16(14)17/h5-8,11-12,15,18H,3-4,9-10H2,1-2H3. The molecule has 0 saturated heterocycles. The summed E-state index contributed by atoms with van der Waals surface area (Å²) in [6.07, 6.45) is 5.99. The van der Waals surface area contributed by atoms with Gasteiger partial charge in [0.2, 0.25) is 0 Å². The maximum absolute atomic E-state index is 6.25. The van der Waals surface area contributed by atoms with Gasteiger partial charge in [-0.3, -0.25) is 4.68 Å². The number of hydrogen-bond donors (Lipinski definition) is 1. The highest BCUT2D eigenvalue weighted by Gasteiger charge is 2.12. The Balaban J connectivity index is 2.05. The topological polar surface area (TPSA) is 29.9 Å². The highest BCUT2D eigenvalue weighted by atomic mass is 35.5. The molecule has 1 aromatic heterocycles. The lowest BCUT2D eigenvalue weighted by Crippen LogP contribution is -2.33. The van der Waals surface area contributed by atoms with E-state index in [9.17, 15) is 0 Å². The third-order valence-electron chi connectivity index (χ3n) is 3.41. The molecule has 1 unspecified atom stereocenters.